The van der Waals surface area contributed by atoms with Crippen molar-refractivity contribution >= 4 is 45.7 Å². The van der Waals surface area contributed by atoms with Gasteiger partial charge in [-0.05, 0) is 59.6 Å². The van der Waals surface area contributed by atoms with Gasteiger partial charge in [0.2, 0.25) is 5.75 Å². The largest absolute Gasteiger partial charge is 0.493 e. The number of amides is 3. The van der Waals surface area contributed by atoms with E-state index in [1.807, 2.05) is 0 Å². The van der Waals surface area contributed by atoms with Gasteiger partial charge in [0.1, 0.15) is 6.61 Å². The summed E-state index contributed by atoms with van der Waals surface area (Å²) < 4.78 is 22.2. The zero-order chi connectivity index (χ0) is 34.8. The summed E-state index contributed by atoms with van der Waals surface area (Å²) in [5.41, 5.74) is 4.26. The van der Waals surface area contributed by atoms with Crippen LogP contribution in [0.4, 0.5) is 10.5 Å². The van der Waals surface area contributed by atoms with Crippen molar-refractivity contribution in [2.45, 2.75) is 26.5 Å². The molecule has 0 unspecified atom stereocenters. The van der Waals surface area contributed by atoms with Gasteiger partial charge < -0.3 is 29.6 Å². The highest BCUT2D eigenvalue weighted by atomic mass is 79.9. The molecule has 0 saturated carbocycles. The summed E-state index contributed by atoms with van der Waals surface area (Å²) in [5, 5.41) is 30.2. The van der Waals surface area contributed by atoms with Gasteiger partial charge in [-0.2, -0.15) is 10.4 Å². The number of hydrazone groups is 1. The highest BCUT2D eigenvalue weighted by Gasteiger charge is 2.32. The summed E-state index contributed by atoms with van der Waals surface area (Å²) >= 11 is 3.29. The highest BCUT2D eigenvalue weighted by Crippen LogP contribution is 2.37. The number of carbonyl (C=O) groups excluding carboxylic acids is 3. The van der Waals surface area contributed by atoms with Crippen molar-refractivity contribution in [2.24, 2.45) is 5.10 Å². The summed E-state index contributed by atoms with van der Waals surface area (Å²) in [6.07, 6.45) is 1.21. The molecule has 3 N–H and O–H groups in total. The Kier molecular flexibility index (Phi) is 11.7. The summed E-state index contributed by atoms with van der Waals surface area (Å²) in [6, 6.07) is 14.9. The first-order valence-corrected chi connectivity index (χ1v) is 15.0. The Labute approximate surface area is 282 Å². The third kappa shape index (κ3) is 8.44. The predicted octanol–water partition coefficient (Wildman–Crippen LogP) is 4.54. The molecule has 0 radical (unpaired) electrons. The number of urea groups is 1. The van der Waals surface area contributed by atoms with E-state index in [0.717, 1.165) is 0 Å². The number of hydrogen-bond donors (Lipinski definition) is 3. The number of ether oxygens (including phenoxy) is 4. The number of methoxy groups -OCH3 is 1. The van der Waals surface area contributed by atoms with Crippen LogP contribution in [0.1, 0.15) is 42.1 Å². The van der Waals surface area contributed by atoms with Crippen LogP contribution in [0.25, 0.3) is 0 Å². The minimum atomic E-state index is -0.824. The Hall–Kier alpha value is -5.95. The van der Waals surface area contributed by atoms with E-state index < -0.39 is 35.5 Å². The number of rotatable bonds is 13. The number of nitrogens with one attached hydrogen (secondary N) is 3. The van der Waals surface area contributed by atoms with Crippen molar-refractivity contribution in [3.63, 3.8) is 0 Å². The van der Waals surface area contributed by atoms with Crippen LogP contribution in [-0.2, 0) is 20.9 Å². The standard InChI is InChI=1S/C32H29BrN6O9/c1-4-46-31(41)28-18(2)36-32(42)37-29(28)20-9-10-25(26(13-20)45-3)47-17-27(40)38-35-15-19-11-23(33)30(24(12-19)39(43)44)48-16-22-8-6-5-7-21(22)14-34/h5-13,15,29H,4,16-17H2,1-3H3,(H,38,40)(H2,36,37,42)/b35-15+/t29-/m1/s1. The van der Waals surface area contributed by atoms with Crippen LogP contribution in [0.15, 0.2) is 75.4 Å². The number of nitro groups is 1. The van der Waals surface area contributed by atoms with E-state index in [9.17, 15) is 29.8 Å². The number of hydrogen-bond acceptors (Lipinski definition) is 11. The Bertz CT molecular complexity index is 1850. The van der Waals surface area contributed by atoms with Gasteiger partial charge in [0.15, 0.2) is 18.1 Å². The predicted molar refractivity (Wildman–Crippen MR) is 174 cm³/mol. The quantitative estimate of drug-likeness (QED) is 0.0973. The summed E-state index contributed by atoms with van der Waals surface area (Å²) in [6.45, 7) is 2.88. The number of nitrogens with zero attached hydrogens (tertiary/aromatic N) is 3. The Morgan fingerprint density at radius 3 is 2.65 bits per heavy atom. The van der Waals surface area contributed by atoms with E-state index >= 15 is 0 Å². The van der Waals surface area contributed by atoms with Crippen molar-refractivity contribution in [1.82, 2.24) is 16.1 Å². The lowest BCUT2D eigenvalue weighted by molar-refractivity contribution is -0.386. The van der Waals surface area contributed by atoms with Crippen LogP contribution in [0.3, 0.4) is 0 Å². The molecule has 4 rings (SSSR count). The molecule has 3 aromatic carbocycles. The first-order chi connectivity index (χ1) is 23.1. The molecule has 15 nitrogen and oxygen atoms in total. The van der Waals surface area contributed by atoms with Gasteiger partial charge in [-0.25, -0.2) is 15.0 Å². The van der Waals surface area contributed by atoms with Gasteiger partial charge >= 0.3 is 17.7 Å². The van der Waals surface area contributed by atoms with Crippen LogP contribution in [0.5, 0.6) is 17.2 Å². The molecule has 1 aliphatic rings. The molecule has 48 heavy (non-hydrogen) atoms. The normalized spacial score (nSPS) is 14.0. The smallest absolute Gasteiger partial charge is 0.338 e. The molecule has 3 aromatic rings. The van der Waals surface area contributed by atoms with E-state index in [-0.39, 0.29) is 51.8 Å². The highest BCUT2D eigenvalue weighted by molar-refractivity contribution is 9.10. The van der Waals surface area contributed by atoms with E-state index in [4.69, 9.17) is 18.9 Å². The second kappa shape index (κ2) is 16.1. The Balaban J connectivity index is 1.41. The minimum absolute atomic E-state index is 0.0342. The lowest BCUT2D eigenvalue weighted by Crippen LogP contribution is -2.45. The Morgan fingerprint density at radius 2 is 1.94 bits per heavy atom. The van der Waals surface area contributed by atoms with E-state index in [0.29, 0.717) is 22.4 Å². The van der Waals surface area contributed by atoms with Crippen molar-refractivity contribution in [2.75, 3.05) is 20.3 Å². The number of halogens is 1. The van der Waals surface area contributed by atoms with E-state index in [1.54, 1.807) is 50.2 Å². The van der Waals surface area contributed by atoms with Crippen LogP contribution >= 0.6 is 15.9 Å². The molecule has 1 aliphatic heterocycles. The topological polar surface area (TPSA) is 204 Å². The van der Waals surface area contributed by atoms with Gasteiger partial charge in [0.25, 0.3) is 5.91 Å². The maximum Gasteiger partial charge on any atom is 0.338 e. The third-order valence-electron chi connectivity index (χ3n) is 6.80. The maximum absolute atomic E-state index is 12.6. The lowest BCUT2D eigenvalue weighted by atomic mass is 9.95. The van der Waals surface area contributed by atoms with Crippen molar-refractivity contribution in [3.8, 4) is 23.3 Å². The molecule has 0 saturated heterocycles. The fraction of sp³-hybridized carbons (Fsp3) is 0.219. The number of allylic oxidation sites excluding steroid dienone is 1. The molecule has 0 fully saturated rings. The van der Waals surface area contributed by atoms with Crippen LogP contribution in [0.2, 0.25) is 0 Å². The fourth-order valence-electron chi connectivity index (χ4n) is 4.62. The lowest BCUT2D eigenvalue weighted by Gasteiger charge is -2.28. The zero-order valence-corrected chi connectivity index (χ0v) is 27.5. The van der Waals surface area contributed by atoms with E-state index in [1.165, 1.54) is 31.5 Å². The monoisotopic (exact) mass is 720 g/mol. The van der Waals surface area contributed by atoms with Gasteiger partial charge in [-0.1, -0.05) is 24.3 Å². The molecule has 0 spiro atoms. The third-order valence-corrected chi connectivity index (χ3v) is 7.39. The summed E-state index contributed by atoms with van der Waals surface area (Å²) in [5.74, 6) is -0.836. The number of esters is 1. The number of nitriles is 1. The van der Waals surface area contributed by atoms with E-state index in [2.05, 4.69) is 43.2 Å². The van der Waals surface area contributed by atoms with Crippen LogP contribution in [0, 0.1) is 21.4 Å². The SMILES string of the molecule is CCOC(=O)C1=C(C)NC(=O)N[C@@H]1c1ccc(OCC(=O)N/N=C/c2cc(Br)c(OCc3ccccc3C#N)c([N+](=O)[O-])c2)c(OC)c1. The van der Waals surface area contributed by atoms with Crippen molar-refractivity contribution in [1.29, 1.82) is 5.26 Å². The van der Waals surface area contributed by atoms with Gasteiger partial charge in [-0.3, -0.25) is 14.9 Å². The number of benzene rings is 3. The Morgan fingerprint density at radius 1 is 1.17 bits per heavy atom. The zero-order valence-electron chi connectivity index (χ0n) is 25.9. The van der Waals surface area contributed by atoms with Gasteiger partial charge in [-0.15, -0.1) is 0 Å². The molecule has 248 valence electrons. The molecular formula is C32H29BrN6O9. The fourth-order valence-corrected chi connectivity index (χ4v) is 5.20. The molecule has 0 bridgehead atoms. The average molecular weight is 722 g/mol. The van der Waals surface area contributed by atoms with Crippen LogP contribution < -0.4 is 30.3 Å². The van der Waals surface area contributed by atoms with Crippen molar-refractivity contribution in [3.05, 3.63) is 103 Å². The molecule has 1 atom stereocenters. The van der Waals surface area contributed by atoms with Gasteiger partial charge in [0, 0.05) is 22.9 Å². The van der Waals surface area contributed by atoms with Gasteiger partial charge in [0.05, 0.1) is 52.6 Å². The van der Waals surface area contributed by atoms with Crippen molar-refractivity contribution < 1.29 is 38.3 Å². The molecule has 16 heteroatoms. The first kappa shape index (κ1) is 34.9. The molecular weight excluding hydrogens is 692 g/mol. The first-order valence-electron chi connectivity index (χ1n) is 14.2. The molecule has 0 aliphatic carbocycles. The second-order valence-corrected chi connectivity index (χ2v) is 10.8. The summed E-state index contributed by atoms with van der Waals surface area (Å²) in [7, 11) is 1.39. The average Bonchev–Trinajstić information content (AvgIpc) is 3.06. The maximum atomic E-state index is 12.6. The minimum Gasteiger partial charge on any atom is -0.493 e. The molecule has 0 aromatic heterocycles. The summed E-state index contributed by atoms with van der Waals surface area (Å²) in [4.78, 5) is 48.4. The second-order valence-electron chi connectivity index (χ2n) is 9.95. The van der Waals surface area contributed by atoms with Crippen LogP contribution in [-0.4, -0.2) is 49.4 Å². The number of nitro benzene ring substituents is 1. The molecule has 3 amide bonds. The number of carbonyl (C=O) groups is 3. The molecule has 1 heterocycles.